The summed E-state index contributed by atoms with van der Waals surface area (Å²) in [5, 5.41) is 2.91. The first kappa shape index (κ1) is 15.9. The van der Waals surface area contributed by atoms with Gasteiger partial charge in [-0.1, -0.05) is 17.7 Å². The second-order valence-electron chi connectivity index (χ2n) is 4.93. The Morgan fingerprint density at radius 1 is 1.33 bits per heavy atom. The smallest absolute Gasteiger partial charge is 0.323 e. The minimum Gasteiger partial charge on any atom is -0.465 e. The molecule has 1 aliphatic rings. The molecule has 1 unspecified atom stereocenters. The Morgan fingerprint density at radius 3 is 2.62 bits per heavy atom. The summed E-state index contributed by atoms with van der Waals surface area (Å²) in [6.07, 6.45) is -0.282. The summed E-state index contributed by atoms with van der Waals surface area (Å²) in [4.78, 5) is 11.7. The Morgan fingerprint density at radius 2 is 2.00 bits per heavy atom. The molecule has 0 saturated carbocycles. The van der Waals surface area contributed by atoms with E-state index < -0.39 is 22.3 Å². The number of rotatable bonds is 5. The molecule has 0 bridgehead atoms. The molecule has 2 rings (SSSR count). The highest BCUT2D eigenvalue weighted by Crippen LogP contribution is 2.19. The highest BCUT2D eigenvalue weighted by Gasteiger charge is 2.34. The van der Waals surface area contributed by atoms with Gasteiger partial charge in [0.15, 0.2) is 0 Å². The molecule has 6 nitrogen and oxygen atoms in total. The van der Waals surface area contributed by atoms with Gasteiger partial charge >= 0.3 is 5.97 Å². The average molecular weight is 313 g/mol. The summed E-state index contributed by atoms with van der Waals surface area (Å²) in [5.74, 6) is -0.378. The molecule has 0 spiro atoms. The van der Waals surface area contributed by atoms with Gasteiger partial charge in [-0.15, -0.1) is 0 Å². The van der Waals surface area contributed by atoms with Crippen LogP contribution in [0.5, 0.6) is 0 Å². The number of esters is 1. The summed E-state index contributed by atoms with van der Waals surface area (Å²) >= 11 is 0. The Labute approximate surface area is 124 Å². The first-order valence-corrected chi connectivity index (χ1v) is 8.23. The maximum absolute atomic E-state index is 12.1. The molecule has 1 heterocycles. The van der Waals surface area contributed by atoms with Gasteiger partial charge < -0.3 is 10.1 Å². The fourth-order valence-corrected chi connectivity index (χ4v) is 3.22. The van der Waals surface area contributed by atoms with Crippen molar-refractivity contribution in [3.05, 3.63) is 29.8 Å². The van der Waals surface area contributed by atoms with Gasteiger partial charge in [-0.2, -0.15) is 8.42 Å². The summed E-state index contributed by atoms with van der Waals surface area (Å²) in [6, 6.07) is 5.93. The standard InChI is InChI=1S/C14H19NO5S/c1-3-19-14(16)13-8-11(9-15-13)20-21(17,18)12-6-4-10(2)5-7-12/h4-7,11,13,15H,3,8-9H2,1-2H3/t11?,13-/m1/s1. The average Bonchev–Trinajstić information content (AvgIpc) is 2.87. The van der Waals surface area contributed by atoms with Crippen LogP contribution in [0.15, 0.2) is 29.2 Å². The lowest BCUT2D eigenvalue weighted by Crippen LogP contribution is -2.32. The SMILES string of the molecule is CCOC(=O)[C@H]1CC(OS(=O)(=O)c2ccc(C)cc2)CN1. The van der Waals surface area contributed by atoms with Crippen LogP contribution in [0.4, 0.5) is 0 Å². The summed E-state index contributed by atoms with van der Waals surface area (Å²) in [6.45, 7) is 4.20. The van der Waals surface area contributed by atoms with Gasteiger partial charge in [0.1, 0.15) is 6.04 Å². The van der Waals surface area contributed by atoms with E-state index >= 15 is 0 Å². The number of nitrogens with one attached hydrogen (secondary N) is 1. The summed E-state index contributed by atoms with van der Waals surface area (Å²) < 4.78 is 34.4. The molecular weight excluding hydrogens is 294 g/mol. The van der Waals surface area contributed by atoms with Crippen LogP contribution in [-0.4, -0.2) is 39.7 Å². The van der Waals surface area contributed by atoms with Crippen molar-refractivity contribution >= 4 is 16.1 Å². The number of ether oxygens (including phenoxy) is 1. The molecule has 1 aromatic rings. The second kappa shape index (κ2) is 6.55. The van der Waals surface area contributed by atoms with E-state index in [1.165, 1.54) is 12.1 Å². The van der Waals surface area contributed by atoms with E-state index in [9.17, 15) is 13.2 Å². The second-order valence-corrected chi connectivity index (χ2v) is 6.51. The van der Waals surface area contributed by atoms with Crippen LogP contribution >= 0.6 is 0 Å². The van der Waals surface area contributed by atoms with E-state index in [-0.39, 0.29) is 17.3 Å². The Hall–Kier alpha value is -1.44. The zero-order valence-corrected chi connectivity index (χ0v) is 12.9. The van der Waals surface area contributed by atoms with E-state index in [0.29, 0.717) is 13.2 Å². The highest BCUT2D eigenvalue weighted by atomic mass is 32.2. The predicted molar refractivity (Wildman–Crippen MR) is 76.3 cm³/mol. The Kier molecular flexibility index (Phi) is 4.97. The molecule has 116 valence electrons. The quantitative estimate of drug-likeness (QED) is 0.645. The number of carbonyl (C=O) groups is 1. The third-order valence-electron chi connectivity index (χ3n) is 3.23. The molecule has 1 aliphatic heterocycles. The number of benzene rings is 1. The number of aryl methyl sites for hydroxylation is 1. The van der Waals surface area contributed by atoms with Gasteiger partial charge in [-0.25, -0.2) is 0 Å². The van der Waals surface area contributed by atoms with Gasteiger partial charge in [0, 0.05) is 13.0 Å². The third-order valence-corrected chi connectivity index (χ3v) is 4.61. The predicted octanol–water partition coefficient (Wildman–Crippen LogP) is 0.994. The molecule has 0 aliphatic carbocycles. The molecule has 1 aromatic carbocycles. The molecule has 2 atom stereocenters. The van der Waals surface area contributed by atoms with Crippen molar-refractivity contribution in [2.24, 2.45) is 0 Å². The van der Waals surface area contributed by atoms with Gasteiger partial charge in [-0.05, 0) is 26.0 Å². The molecular formula is C14H19NO5S. The van der Waals surface area contributed by atoms with Crippen molar-refractivity contribution < 1.29 is 22.1 Å². The molecule has 1 N–H and O–H groups in total. The largest absolute Gasteiger partial charge is 0.465 e. The van der Waals surface area contributed by atoms with E-state index in [0.717, 1.165) is 5.56 Å². The van der Waals surface area contributed by atoms with E-state index in [2.05, 4.69) is 5.32 Å². The molecule has 21 heavy (non-hydrogen) atoms. The van der Waals surface area contributed by atoms with Crippen molar-refractivity contribution in [2.75, 3.05) is 13.2 Å². The first-order chi connectivity index (χ1) is 9.92. The van der Waals surface area contributed by atoms with Gasteiger partial charge in [0.2, 0.25) is 0 Å². The van der Waals surface area contributed by atoms with E-state index in [4.69, 9.17) is 8.92 Å². The Balaban J connectivity index is 1.99. The van der Waals surface area contributed by atoms with Crippen LogP contribution < -0.4 is 5.32 Å². The zero-order valence-electron chi connectivity index (χ0n) is 12.0. The molecule has 0 aromatic heterocycles. The van der Waals surface area contributed by atoms with E-state index in [1.54, 1.807) is 19.1 Å². The summed E-state index contributed by atoms with van der Waals surface area (Å²) in [5.41, 5.74) is 0.971. The highest BCUT2D eigenvalue weighted by molar-refractivity contribution is 7.86. The van der Waals surface area contributed by atoms with Crippen LogP contribution in [0.2, 0.25) is 0 Å². The minimum absolute atomic E-state index is 0.118. The van der Waals surface area contributed by atoms with Crippen LogP contribution in [-0.2, 0) is 23.8 Å². The molecule has 1 saturated heterocycles. The number of hydrogen-bond acceptors (Lipinski definition) is 6. The number of hydrogen-bond donors (Lipinski definition) is 1. The third kappa shape index (κ3) is 4.03. The molecule has 0 radical (unpaired) electrons. The van der Waals surface area contributed by atoms with Crippen LogP contribution in [0, 0.1) is 6.92 Å². The van der Waals surface area contributed by atoms with Gasteiger partial charge in [0.25, 0.3) is 10.1 Å². The van der Waals surface area contributed by atoms with Crippen molar-refractivity contribution in [1.29, 1.82) is 0 Å². The lowest BCUT2D eigenvalue weighted by atomic mass is 10.2. The monoisotopic (exact) mass is 313 g/mol. The molecule has 1 fully saturated rings. The van der Waals surface area contributed by atoms with Crippen molar-refractivity contribution in [3.8, 4) is 0 Å². The fourth-order valence-electron chi connectivity index (χ4n) is 2.14. The van der Waals surface area contributed by atoms with Gasteiger partial charge in [0.05, 0.1) is 17.6 Å². The number of carbonyl (C=O) groups excluding carboxylic acids is 1. The fraction of sp³-hybridized carbons (Fsp3) is 0.500. The van der Waals surface area contributed by atoms with Crippen LogP contribution in [0.1, 0.15) is 18.9 Å². The lowest BCUT2D eigenvalue weighted by molar-refractivity contribution is -0.145. The first-order valence-electron chi connectivity index (χ1n) is 6.82. The lowest BCUT2D eigenvalue weighted by Gasteiger charge is -2.11. The minimum atomic E-state index is -3.81. The summed E-state index contributed by atoms with van der Waals surface area (Å²) in [7, 11) is -3.81. The maximum atomic E-state index is 12.1. The van der Waals surface area contributed by atoms with Crippen molar-refractivity contribution in [2.45, 2.75) is 37.3 Å². The van der Waals surface area contributed by atoms with Crippen LogP contribution in [0.25, 0.3) is 0 Å². The normalized spacial score (nSPS) is 22.2. The van der Waals surface area contributed by atoms with Crippen molar-refractivity contribution in [1.82, 2.24) is 5.32 Å². The topological polar surface area (TPSA) is 81.7 Å². The molecule has 7 heteroatoms. The van der Waals surface area contributed by atoms with E-state index in [1.807, 2.05) is 6.92 Å². The van der Waals surface area contributed by atoms with Crippen molar-refractivity contribution in [3.63, 3.8) is 0 Å². The van der Waals surface area contributed by atoms with Crippen LogP contribution in [0.3, 0.4) is 0 Å². The Bertz CT molecular complexity index is 596. The zero-order chi connectivity index (χ0) is 15.5. The van der Waals surface area contributed by atoms with Gasteiger partial charge in [-0.3, -0.25) is 8.98 Å². The maximum Gasteiger partial charge on any atom is 0.323 e. The molecule has 0 amide bonds.